The van der Waals surface area contributed by atoms with Gasteiger partial charge in [-0.2, -0.15) is 0 Å². The van der Waals surface area contributed by atoms with Crippen molar-refractivity contribution in [3.8, 4) is 11.5 Å². The quantitative estimate of drug-likeness (QED) is 0.550. The molecule has 0 N–H and O–H groups in total. The van der Waals surface area contributed by atoms with Gasteiger partial charge in [0.15, 0.2) is 16.9 Å². The van der Waals surface area contributed by atoms with Crippen LogP contribution in [0.25, 0.3) is 11.0 Å². The Morgan fingerprint density at radius 1 is 1.06 bits per heavy atom. The number of fused-ring (bicyclic) bond motifs is 2. The van der Waals surface area contributed by atoms with E-state index in [2.05, 4.69) is 4.90 Å². The van der Waals surface area contributed by atoms with Gasteiger partial charge in [-0.3, -0.25) is 14.5 Å². The number of carbonyl (C=O) groups excluding carboxylic acids is 1. The van der Waals surface area contributed by atoms with Crippen LogP contribution in [0.4, 0.5) is 4.39 Å². The van der Waals surface area contributed by atoms with Gasteiger partial charge in [0.25, 0.3) is 5.91 Å². The number of nitrogens with zero attached hydrogens (tertiary/aromatic N) is 2. The average molecular weight is 468 g/mol. The van der Waals surface area contributed by atoms with Crippen LogP contribution in [-0.2, 0) is 4.74 Å². The Balaban J connectivity index is 1.67. The number of carbonyl (C=O) groups is 1. The van der Waals surface area contributed by atoms with Gasteiger partial charge in [-0.15, -0.1) is 0 Å². The third kappa shape index (κ3) is 3.70. The van der Waals surface area contributed by atoms with Gasteiger partial charge in [-0.05, 0) is 24.3 Å². The fraction of sp³-hybridized carbons (Fsp3) is 0.360. The molecule has 1 aromatic heterocycles. The molecule has 0 spiro atoms. The molecule has 0 saturated carbocycles. The number of para-hydroxylation sites is 1. The fourth-order valence-corrected chi connectivity index (χ4v) is 4.75. The van der Waals surface area contributed by atoms with Crippen molar-refractivity contribution in [1.29, 1.82) is 0 Å². The molecule has 2 aromatic carbocycles. The maximum absolute atomic E-state index is 14.0. The number of hydrogen-bond acceptors (Lipinski definition) is 7. The number of hydrogen-bond donors (Lipinski definition) is 0. The number of methoxy groups -OCH3 is 2. The number of morpholine rings is 1. The van der Waals surface area contributed by atoms with Crippen LogP contribution in [0.3, 0.4) is 0 Å². The van der Waals surface area contributed by atoms with E-state index in [9.17, 15) is 14.0 Å². The van der Waals surface area contributed by atoms with Crippen LogP contribution in [0.15, 0.2) is 45.6 Å². The number of amides is 1. The van der Waals surface area contributed by atoms with Crippen molar-refractivity contribution in [3.63, 3.8) is 0 Å². The van der Waals surface area contributed by atoms with Crippen molar-refractivity contribution in [2.45, 2.75) is 6.04 Å². The molecular formula is C25H25FN2O6. The standard InChI is InChI=1S/C25H25FN2O6/c1-31-19-5-3-4-16(23(19)32-2)21-20-22(29)17-14-15(26)6-7-18(17)34-24(20)25(30)28(21)9-8-27-10-12-33-13-11-27/h3-7,14,21H,8-13H2,1-2H3/t21-/m0/s1. The molecule has 1 atom stereocenters. The van der Waals surface area contributed by atoms with Crippen molar-refractivity contribution in [2.75, 3.05) is 53.6 Å². The minimum absolute atomic E-state index is 0.0269. The Hall–Kier alpha value is -3.43. The molecule has 3 aromatic rings. The van der Waals surface area contributed by atoms with Gasteiger partial charge in [0.05, 0.1) is 44.4 Å². The summed E-state index contributed by atoms with van der Waals surface area (Å²) in [5.41, 5.74) is 0.508. The first-order valence-electron chi connectivity index (χ1n) is 11.1. The summed E-state index contributed by atoms with van der Waals surface area (Å²) in [6.45, 7) is 3.77. The highest BCUT2D eigenvalue weighted by molar-refractivity contribution is 5.99. The molecule has 0 unspecified atom stereocenters. The zero-order valence-electron chi connectivity index (χ0n) is 19.0. The topological polar surface area (TPSA) is 81.5 Å². The van der Waals surface area contributed by atoms with Crippen molar-refractivity contribution in [3.05, 3.63) is 69.3 Å². The van der Waals surface area contributed by atoms with E-state index in [1.807, 2.05) is 0 Å². The minimum Gasteiger partial charge on any atom is -0.493 e. The molecule has 2 aliphatic heterocycles. The van der Waals surface area contributed by atoms with Crippen LogP contribution >= 0.6 is 0 Å². The molecule has 0 radical (unpaired) electrons. The third-order valence-corrected chi connectivity index (χ3v) is 6.42. The Kier molecular flexibility index (Phi) is 5.97. The van der Waals surface area contributed by atoms with Crippen LogP contribution in [0.1, 0.15) is 27.7 Å². The molecule has 178 valence electrons. The van der Waals surface area contributed by atoms with Crippen LogP contribution in [0, 0.1) is 5.82 Å². The van der Waals surface area contributed by atoms with E-state index in [4.69, 9.17) is 18.6 Å². The largest absolute Gasteiger partial charge is 0.493 e. The van der Waals surface area contributed by atoms with Crippen molar-refractivity contribution in [2.24, 2.45) is 0 Å². The van der Waals surface area contributed by atoms with Gasteiger partial charge >= 0.3 is 0 Å². The first-order valence-corrected chi connectivity index (χ1v) is 11.1. The van der Waals surface area contributed by atoms with E-state index < -0.39 is 17.3 Å². The predicted molar refractivity (Wildman–Crippen MR) is 122 cm³/mol. The highest BCUT2D eigenvalue weighted by atomic mass is 19.1. The van der Waals surface area contributed by atoms with E-state index in [-0.39, 0.29) is 28.2 Å². The summed E-state index contributed by atoms with van der Waals surface area (Å²) in [7, 11) is 3.03. The summed E-state index contributed by atoms with van der Waals surface area (Å²) in [6.07, 6.45) is 0. The maximum atomic E-state index is 14.0. The number of halogens is 1. The van der Waals surface area contributed by atoms with E-state index in [0.29, 0.717) is 43.4 Å². The van der Waals surface area contributed by atoms with Gasteiger partial charge in [0, 0.05) is 31.7 Å². The second-order valence-corrected chi connectivity index (χ2v) is 8.25. The highest BCUT2D eigenvalue weighted by Gasteiger charge is 2.44. The molecule has 1 amide bonds. The molecular weight excluding hydrogens is 443 g/mol. The summed E-state index contributed by atoms with van der Waals surface area (Å²) < 4.78 is 36.4. The molecule has 0 bridgehead atoms. The average Bonchev–Trinajstić information content (AvgIpc) is 3.14. The van der Waals surface area contributed by atoms with Crippen LogP contribution in [0.5, 0.6) is 11.5 Å². The molecule has 8 nitrogen and oxygen atoms in total. The molecule has 1 fully saturated rings. The molecule has 1 saturated heterocycles. The number of benzene rings is 2. The summed E-state index contributed by atoms with van der Waals surface area (Å²) >= 11 is 0. The Labute approximate surface area is 195 Å². The lowest BCUT2D eigenvalue weighted by Crippen LogP contribution is -2.42. The first-order chi connectivity index (χ1) is 16.5. The van der Waals surface area contributed by atoms with E-state index in [1.165, 1.54) is 26.4 Å². The molecule has 2 aliphatic rings. The Bertz CT molecular complexity index is 1300. The lowest BCUT2D eigenvalue weighted by atomic mass is 9.97. The Morgan fingerprint density at radius 2 is 1.85 bits per heavy atom. The molecule has 5 rings (SSSR count). The SMILES string of the molecule is COc1cccc([C@H]2c3c(oc4ccc(F)cc4c3=O)C(=O)N2CCN2CCOCC2)c1OC. The highest BCUT2D eigenvalue weighted by Crippen LogP contribution is 2.44. The van der Waals surface area contributed by atoms with Crippen molar-refractivity contribution < 1.29 is 27.8 Å². The molecule has 3 heterocycles. The second-order valence-electron chi connectivity index (χ2n) is 8.25. The second kappa shape index (κ2) is 9.08. The molecule has 9 heteroatoms. The van der Waals surface area contributed by atoms with Crippen molar-refractivity contribution >= 4 is 16.9 Å². The van der Waals surface area contributed by atoms with Crippen LogP contribution < -0.4 is 14.9 Å². The van der Waals surface area contributed by atoms with Gasteiger partial charge in [0.1, 0.15) is 11.4 Å². The van der Waals surface area contributed by atoms with E-state index in [1.54, 1.807) is 23.1 Å². The first kappa shape index (κ1) is 22.4. The Morgan fingerprint density at radius 3 is 2.59 bits per heavy atom. The summed E-state index contributed by atoms with van der Waals surface area (Å²) in [6, 6.07) is 8.27. The van der Waals surface area contributed by atoms with Crippen LogP contribution in [-0.4, -0.2) is 69.3 Å². The number of rotatable bonds is 6. The maximum Gasteiger partial charge on any atom is 0.290 e. The molecule has 0 aliphatic carbocycles. The lowest BCUT2D eigenvalue weighted by molar-refractivity contribution is 0.0314. The van der Waals surface area contributed by atoms with Crippen molar-refractivity contribution in [1.82, 2.24) is 9.80 Å². The fourth-order valence-electron chi connectivity index (χ4n) is 4.75. The zero-order chi connectivity index (χ0) is 23.8. The monoisotopic (exact) mass is 468 g/mol. The van der Waals surface area contributed by atoms with E-state index in [0.717, 1.165) is 19.2 Å². The minimum atomic E-state index is -0.766. The summed E-state index contributed by atoms with van der Waals surface area (Å²) in [5, 5.41) is 0.0912. The zero-order valence-corrected chi connectivity index (χ0v) is 19.0. The smallest absolute Gasteiger partial charge is 0.290 e. The third-order valence-electron chi connectivity index (χ3n) is 6.42. The normalized spacial score (nSPS) is 18.4. The van der Waals surface area contributed by atoms with Gasteiger partial charge in [-0.25, -0.2) is 4.39 Å². The summed E-state index contributed by atoms with van der Waals surface area (Å²) in [4.78, 5) is 31.0. The molecule has 34 heavy (non-hydrogen) atoms. The van der Waals surface area contributed by atoms with Gasteiger partial charge in [0.2, 0.25) is 5.76 Å². The van der Waals surface area contributed by atoms with Crippen LogP contribution in [0.2, 0.25) is 0 Å². The van der Waals surface area contributed by atoms with Gasteiger partial charge in [-0.1, -0.05) is 12.1 Å². The lowest BCUT2D eigenvalue weighted by Gasteiger charge is -2.31. The van der Waals surface area contributed by atoms with Gasteiger partial charge < -0.3 is 23.5 Å². The van der Waals surface area contributed by atoms with E-state index >= 15 is 0 Å². The summed E-state index contributed by atoms with van der Waals surface area (Å²) in [5.74, 6) is -0.0674. The predicted octanol–water partition coefficient (Wildman–Crippen LogP) is 2.83. The number of ether oxygens (including phenoxy) is 3.